The molecule has 9 nitrogen and oxygen atoms in total. The Morgan fingerprint density at radius 3 is 2.48 bits per heavy atom. The van der Waals surface area contributed by atoms with Gasteiger partial charge in [-0.15, -0.1) is 0 Å². The Labute approximate surface area is 130 Å². The van der Waals surface area contributed by atoms with Gasteiger partial charge in [0.25, 0.3) is 0 Å². The first-order valence-corrected chi connectivity index (χ1v) is 6.68. The van der Waals surface area contributed by atoms with Crippen molar-refractivity contribution in [3.8, 4) is 5.75 Å². The van der Waals surface area contributed by atoms with E-state index in [-0.39, 0.29) is 16.9 Å². The van der Waals surface area contributed by atoms with E-state index < -0.39 is 43.3 Å². The largest absolute Gasteiger partial charge is 0.478 e. The smallest absolute Gasteiger partial charge is 0.335 e. The predicted molar refractivity (Wildman–Crippen MR) is 73.2 cm³/mol. The maximum absolute atomic E-state index is 11.1. The minimum Gasteiger partial charge on any atom is -0.478 e. The fourth-order valence-corrected chi connectivity index (χ4v) is 2.17. The number of hydrogen-bond acceptors (Lipinski definition) is 8. The molecule has 1 aliphatic rings. The Kier molecular flexibility index (Phi) is 5.29. The first-order valence-electron chi connectivity index (χ1n) is 6.68. The Bertz CT molecular complexity index is 586. The maximum atomic E-state index is 11.1. The van der Waals surface area contributed by atoms with E-state index in [1.54, 1.807) is 0 Å². The quantitative estimate of drug-likeness (QED) is 0.401. The van der Waals surface area contributed by atoms with Crippen LogP contribution in [0.25, 0.3) is 0 Å². The van der Waals surface area contributed by atoms with E-state index >= 15 is 0 Å². The van der Waals surface area contributed by atoms with Gasteiger partial charge in [-0.25, -0.2) is 4.79 Å². The molecule has 0 spiro atoms. The SMILES string of the molecule is O=Cc1cc(C(=O)O)ccc1OC1OC(CO)C(O)C(O)C1O. The third-order valence-electron chi connectivity index (χ3n) is 3.48. The van der Waals surface area contributed by atoms with Crippen LogP contribution in [0.2, 0.25) is 0 Å². The summed E-state index contributed by atoms with van der Waals surface area (Å²) in [7, 11) is 0. The van der Waals surface area contributed by atoms with Gasteiger partial charge in [-0.05, 0) is 18.2 Å². The topological polar surface area (TPSA) is 154 Å². The van der Waals surface area contributed by atoms with Crippen molar-refractivity contribution in [3.63, 3.8) is 0 Å². The monoisotopic (exact) mass is 328 g/mol. The third-order valence-corrected chi connectivity index (χ3v) is 3.48. The summed E-state index contributed by atoms with van der Waals surface area (Å²) < 4.78 is 10.4. The molecular weight excluding hydrogens is 312 g/mol. The number of carbonyl (C=O) groups excluding carboxylic acids is 1. The van der Waals surface area contributed by atoms with Gasteiger partial charge >= 0.3 is 5.97 Å². The molecule has 0 saturated carbocycles. The second-order valence-electron chi connectivity index (χ2n) is 4.99. The molecule has 2 rings (SSSR count). The number of carboxylic acids is 1. The van der Waals surface area contributed by atoms with Crippen LogP contribution in [0, 0.1) is 0 Å². The zero-order valence-electron chi connectivity index (χ0n) is 11.8. The van der Waals surface area contributed by atoms with Gasteiger partial charge in [0, 0.05) is 0 Å². The predicted octanol–water partition coefficient (Wildman–Crippen LogP) is -1.62. The average Bonchev–Trinajstić information content (AvgIpc) is 2.55. The first-order chi connectivity index (χ1) is 10.9. The lowest BCUT2D eigenvalue weighted by atomic mass is 9.99. The summed E-state index contributed by atoms with van der Waals surface area (Å²) in [5.74, 6) is -1.30. The number of carbonyl (C=O) groups is 2. The number of aliphatic hydroxyl groups is 4. The minimum absolute atomic E-state index is 0.0747. The fraction of sp³-hybridized carbons (Fsp3) is 0.429. The average molecular weight is 328 g/mol. The van der Waals surface area contributed by atoms with Crippen molar-refractivity contribution in [1.29, 1.82) is 0 Å². The normalized spacial score (nSPS) is 30.7. The third kappa shape index (κ3) is 3.49. The lowest BCUT2D eigenvalue weighted by molar-refractivity contribution is -0.277. The van der Waals surface area contributed by atoms with Crippen molar-refractivity contribution in [1.82, 2.24) is 0 Å². The number of rotatable bonds is 5. The lowest BCUT2D eigenvalue weighted by Crippen LogP contribution is -2.60. The minimum atomic E-state index is -1.63. The molecule has 1 aromatic carbocycles. The van der Waals surface area contributed by atoms with E-state index in [0.29, 0.717) is 6.29 Å². The number of ether oxygens (including phenoxy) is 2. The second kappa shape index (κ2) is 7.02. The van der Waals surface area contributed by atoms with Crippen LogP contribution in [-0.2, 0) is 4.74 Å². The van der Waals surface area contributed by atoms with Crippen molar-refractivity contribution in [2.24, 2.45) is 0 Å². The van der Waals surface area contributed by atoms with E-state index in [4.69, 9.17) is 19.7 Å². The number of aliphatic hydroxyl groups excluding tert-OH is 4. The molecule has 0 aliphatic carbocycles. The molecule has 1 heterocycles. The summed E-state index contributed by atoms with van der Waals surface area (Å²) in [6.07, 6.45) is -7.03. The molecule has 1 fully saturated rings. The van der Waals surface area contributed by atoms with Crippen LogP contribution >= 0.6 is 0 Å². The number of benzene rings is 1. The summed E-state index contributed by atoms with van der Waals surface area (Å²) >= 11 is 0. The Morgan fingerprint density at radius 2 is 1.91 bits per heavy atom. The molecule has 5 atom stereocenters. The summed E-state index contributed by atoms with van der Waals surface area (Å²) in [5.41, 5.74) is -0.227. The van der Waals surface area contributed by atoms with E-state index in [2.05, 4.69) is 0 Å². The molecule has 1 saturated heterocycles. The highest BCUT2D eigenvalue weighted by molar-refractivity contribution is 5.91. The van der Waals surface area contributed by atoms with E-state index in [1.807, 2.05) is 0 Å². The van der Waals surface area contributed by atoms with Crippen LogP contribution in [0.3, 0.4) is 0 Å². The van der Waals surface area contributed by atoms with Gasteiger partial charge in [-0.2, -0.15) is 0 Å². The van der Waals surface area contributed by atoms with Crippen LogP contribution < -0.4 is 4.74 Å². The van der Waals surface area contributed by atoms with Crippen molar-refractivity contribution in [2.45, 2.75) is 30.7 Å². The molecule has 5 N–H and O–H groups in total. The molecule has 0 aromatic heterocycles. The molecule has 0 amide bonds. The lowest BCUT2D eigenvalue weighted by Gasteiger charge is -2.39. The van der Waals surface area contributed by atoms with Gasteiger partial charge in [0.2, 0.25) is 6.29 Å². The van der Waals surface area contributed by atoms with Crippen LogP contribution in [0.5, 0.6) is 5.75 Å². The van der Waals surface area contributed by atoms with Gasteiger partial charge in [0.15, 0.2) is 6.29 Å². The number of aldehydes is 1. The zero-order valence-corrected chi connectivity index (χ0v) is 11.8. The number of aromatic carboxylic acids is 1. The molecule has 9 heteroatoms. The maximum Gasteiger partial charge on any atom is 0.335 e. The Morgan fingerprint density at radius 1 is 1.22 bits per heavy atom. The standard InChI is InChI=1S/C14H16O9/c15-4-7-3-6(13(20)21)1-2-8(7)22-14-12(19)11(18)10(17)9(5-16)23-14/h1-4,9-12,14,16-19H,5H2,(H,20,21). The molecular formula is C14H16O9. The van der Waals surface area contributed by atoms with Crippen molar-refractivity contribution < 1.29 is 44.6 Å². The number of carboxylic acid groups (broad SMARTS) is 1. The molecule has 1 aliphatic heterocycles. The molecule has 0 radical (unpaired) electrons. The number of hydrogen-bond donors (Lipinski definition) is 5. The second-order valence-corrected chi connectivity index (χ2v) is 4.99. The summed E-state index contributed by atoms with van der Waals surface area (Å²) in [4.78, 5) is 21.9. The summed E-state index contributed by atoms with van der Waals surface area (Å²) in [6, 6.07) is 3.47. The van der Waals surface area contributed by atoms with E-state index in [1.165, 1.54) is 12.1 Å². The highest BCUT2D eigenvalue weighted by Gasteiger charge is 2.44. The van der Waals surface area contributed by atoms with Crippen molar-refractivity contribution in [2.75, 3.05) is 6.61 Å². The van der Waals surface area contributed by atoms with Crippen LogP contribution in [-0.4, -0.2) is 75.1 Å². The van der Waals surface area contributed by atoms with Gasteiger partial charge in [0.1, 0.15) is 30.2 Å². The van der Waals surface area contributed by atoms with E-state index in [9.17, 15) is 24.9 Å². The van der Waals surface area contributed by atoms with Crippen LogP contribution in [0.4, 0.5) is 0 Å². The van der Waals surface area contributed by atoms with Crippen molar-refractivity contribution >= 4 is 12.3 Å². The Balaban J connectivity index is 2.23. The van der Waals surface area contributed by atoms with Crippen molar-refractivity contribution in [3.05, 3.63) is 29.3 Å². The van der Waals surface area contributed by atoms with E-state index in [0.717, 1.165) is 6.07 Å². The molecule has 23 heavy (non-hydrogen) atoms. The summed E-state index contributed by atoms with van der Waals surface area (Å²) in [5, 5.41) is 47.2. The summed E-state index contributed by atoms with van der Waals surface area (Å²) in [6.45, 7) is -0.622. The van der Waals surface area contributed by atoms with Crippen LogP contribution in [0.1, 0.15) is 20.7 Å². The zero-order chi connectivity index (χ0) is 17.1. The molecule has 0 bridgehead atoms. The van der Waals surface area contributed by atoms with Gasteiger partial charge < -0.3 is 35.0 Å². The van der Waals surface area contributed by atoms with Crippen LogP contribution in [0.15, 0.2) is 18.2 Å². The highest BCUT2D eigenvalue weighted by atomic mass is 16.7. The Hall–Kier alpha value is -2.04. The van der Waals surface area contributed by atoms with Gasteiger partial charge in [0.05, 0.1) is 17.7 Å². The molecule has 5 unspecified atom stereocenters. The molecule has 126 valence electrons. The highest BCUT2D eigenvalue weighted by Crippen LogP contribution is 2.26. The van der Waals surface area contributed by atoms with Gasteiger partial charge in [-0.3, -0.25) is 4.79 Å². The first kappa shape index (κ1) is 17.3. The molecule has 1 aromatic rings. The van der Waals surface area contributed by atoms with Gasteiger partial charge in [-0.1, -0.05) is 0 Å². The fourth-order valence-electron chi connectivity index (χ4n) is 2.17.